The van der Waals surface area contributed by atoms with Gasteiger partial charge in [0.25, 0.3) is 0 Å². The molecule has 1 saturated heterocycles. The molecule has 1 aromatic heterocycles. The average molecular weight is 318 g/mol. The van der Waals surface area contributed by atoms with Gasteiger partial charge in [-0.05, 0) is 33.8 Å². The molecular weight excluding hydrogens is 301 g/mol. The molecule has 22 heavy (non-hydrogen) atoms. The van der Waals surface area contributed by atoms with E-state index in [4.69, 9.17) is 19.4 Å². The summed E-state index contributed by atoms with van der Waals surface area (Å²) >= 11 is 0. The molecule has 0 unspecified atom stereocenters. The molecule has 0 saturated carbocycles. The van der Waals surface area contributed by atoms with Crippen molar-refractivity contribution in [2.45, 2.75) is 45.1 Å². The maximum atomic E-state index is 12.6. The minimum absolute atomic E-state index is 0. The van der Waals surface area contributed by atoms with Crippen LogP contribution in [0.25, 0.3) is 0 Å². The van der Waals surface area contributed by atoms with Gasteiger partial charge in [0.1, 0.15) is 0 Å². The van der Waals surface area contributed by atoms with Crippen molar-refractivity contribution < 1.29 is 32.5 Å². The molecule has 5 nitrogen and oxygen atoms in total. The van der Waals surface area contributed by atoms with E-state index < -0.39 is 30.1 Å². The van der Waals surface area contributed by atoms with Gasteiger partial charge in [0.05, 0.1) is 16.8 Å². The van der Waals surface area contributed by atoms with Crippen LogP contribution >= 0.6 is 0 Å². The molecule has 0 spiro atoms. The normalized spacial score (nSPS) is 19.4. The van der Waals surface area contributed by atoms with Crippen LogP contribution in [-0.4, -0.2) is 41.0 Å². The topological polar surface area (TPSA) is 71.8 Å². The van der Waals surface area contributed by atoms with E-state index in [1.54, 1.807) is 0 Å². The number of halogens is 3. The van der Waals surface area contributed by atoms with E-state index in [1.165, 1.54) is 6.20 Å². The van der Waals surface area contributed by atoms with Crippen molar-refractivity contribution in [3.63, 3.8) is 0 Å². The molecule has 0 aromatic carbocycles. The molecule has 1 aliphatic rings. The minimum Gasteiger partial charge on any atom is -0.429 e. The van der Waals surface area contributed by atoms with E-state index in [2.05, 4.69) is 4.98 Å². The zero-order chi connectivity index (χ0) is 17.2. The Bertz CT molecular complexity index is 495. The monoisotopic (exact) mass is 318 g/mol. The summed E-state index contributed by atoms with van der Waals surface area (Å²) in [7, 11) is -0.834. The second kappa shape index (κ2) is 6.57. The van der Waals surface area contributed by atoms with E-state index in [0.717, 1.165) is 12.3 Å². The second-order valence-electron chi connectivity index (χ2n) is 5.71. The van der Waals surface area contributed by atoms with Gasteiger partial charge in [0, 0.05) is 17.9 Å². The van der Waals surface area contributed by atoms with E-state index in [9.17, 15) is 13.2 Å². The summed E-state index contributed by atoms with van der Waals surface area (Å²) in [5.74, 6) is 0. The first-order valence-corrected chi connectivity index (χ1v) is 6.42. The lowest BCUT2D eigenvalue weighted by Crippen LogP contribution is -2.41. The zero-order valence-corrected chi connectivity index (χ0v) is 12.7. The molecule has 2 rings (SSSR count). The quantitative estimate of drug-likeness (QED) is 0.753. The Hall–Kier alpha value is -1.09. The summed E-state index contributed by atoms with van der Waals surface area (Å²) < 4.78 is 49.3. The molecule has 1 radical (unpaired) electrons. The summed E-state index contributed by atoms with van der Waals surface area (Å²) in [5.41, 5.74) is -1.72. The maximum absolute atomic E-state index is 12.6. The van der Waals surface area contributed by atoms with Gasteiger partial charge in [-0.2, -0.15) is 13.2 Å². The van der Waals surface area contributed by atoms with Crippen molar-refractivity contribution in [1.29, 1.82) is 0 Å². The SMILES string of the molecule is CC1(C)OB(c2cncc(C(F)(F)F)c2)OC1(C)C.O[B]O. The fraction of sp³-hybridized carbons (Fsp3) is 0.583. The Kier molecular flexibility index (Phi) is 5.66. The van der Waals surface area contributed by atoms with Gasteiger partial charge in [0.15, 0.2) is 0 Å². The van der Waals surface area contributed by atoms with Crippen LogP contribution < -0.4 is 5.46 Å². The van der Waals surface area contributed by atoms with Crippen molar-refractivity contribution in [2.24, 2.45) is 0 Å². The average Bonchev–Trinajstić information content (AvgIpc) is 2.59. The minimum atomic E-state index is -4.42. The van der Waals surface area contributed by atoms with Crippen LogP contribution in [0.3, 0.4) is 0 Å². The predicted octanol–water partition coefficient (Wildman–Crippen LogP) is 0.905. The third kappa shape index (κ3) is 4.22. The van der Waals surface area contributed by atoms with E-state index in [0.29, 0.717) is 0 Å². The molecule has 1 fully saturated rings. The number of alkyl halides is 3. The molecule has 0 atom stereocenters. The van der Waals surface area contributed by atoms with Crippen molar-refractivity contribution in [2.75, 3.05) is 0 Å². The highest BCUT2D eigenvalue weighted by Crippen LogP contribution is 2.36. The number of pyridine rings is 1. The van der Waals surface area contributed by atoms with Crippen molar-refractivity contribution in [1.82, 2.24) is 4.98 Å². The van der Waals surface area contributed by atoms with E-state index in [-0.39, 0.29) is 13.1 Å². The lowest BCUT2D eigenvalue weighted by atomic mass is 9.80. The Labute approximate surface area is 127 Å². The summed E-state index contributed by atoms with van der Waals surface area (Å²) in [6.45, 7) is 7.37. The maximum Gasteiger partial charge on any atom is 0.496 e. The van der Waals surface area contributed by atoms with Crippen molar-refractivity contribution >= 4 is 20.3 Å². The number of aromatic nitrogens is 1. The largest absolute Gasteiger partial charge is 0.496 e. The molecule has 0 aliphatic carbocycles. The highest BCUT2D eigenvalue weighted by molar-refractivity contribution is 6.62. The highest BCUT2D eigenvalue weighted by Gasteiger charge is 2.52. The lowest BCUT2D eigenvalue weighted by molar-refractivity contribution is -0.137. The van der Waals surface area contributed by atoms with Crippen LogP contribution in [0.5, 0.6) is 0 Å². The van der Waals surface area contributed by atoms with Crippen LogP contribution in [0.15, 0.2) is 18.5 Å². The van der Waals surface area contributed by atoms with Gasteiger partial charge in [-0.3, -0.25) is 4.98 Å². The van der Waals surface area contributed by atoms with Gasteiger partial charge in [-0.1, -0.05) is 0 Å². The Morgan fingerprint density at radius 3 is 1.95 bits per heavy atom. The first kappa shape index (κ1) is 19.0. The van der Waals surface area contributed by atoms with Crippen molar-refractivity contribution in [3.8, 4) is 0 Å². The predicted molar refractivity (Wildman–Crippen MR) is 75.1 cm³/mol. The summed E-state index contributed by atoms with van der Waals surface area (Å²) in [5, 5.41) is 14.0. The third-order valence-corrected chi connectivity index (χ3v) is 3.61. The molecule has 0 amide bonds. The highest BCUT2D eigenvalue weighted by atomic mass is 19.4. The fourth-order valence-electron chi connectivity index (χ4n) is 1.72. The van der Waals surface area contributed by atoms with Gasteiger partial charge in [-0.25, -0.2) is 0 Å². The number of hydrogen-bond acceptors (Lipinski definition) is 5. The second-order valence-corrected chi connectivity index (χ2v) is 5.71. The molecule has 1 aromatic rings. The summed E-state index contributed by atoms with van der Waals surface area (Å²) in [6.07, 6.45) is -2.31. The lowest BCUT2D eigenvalue weighted by Gasteiger charge is -2.32. The number of hydrogen-bond donors (Lipinski definition) is 2. The van der Waals surface area contributed by atoms with E-state index >= 15 is 0 Å². The van der Waals surface area contributed by atoms with Crippen LogP contribution in [0.1, 0.15) is 33.3 Å². The van der Waals surface area contributed by atoms with Crippen LogP contribution in [0.4, 0.5) is 13.2 Å². The Morgan fingerprint density at radius 2 is 1.55 bits per heavy atom. The molecular formula is C12H17B2F3NO4. The molecule has 0 bridgehead atoms. The van der Waals surface area contributed by atoms with Crippen molar-refractivity contribution in [3.05, 3.63) is 24.0 Å². The molecule has 121 valence electrons. The van der Waals surface area contributed by atoms with Gasteiger partial charge >= 0.3 is 21.0 Å². The van der Waals surface area contributed by atoms with Gasteiger partial charge < -0.3 is 19.4 Å². The summed E-state index contributed by atoms with van der Waals surface area (Å²) in [6, 6.07) is 1.01. The standard InChI is InChI=1S/C12H15BF3NO2.BH2O2/c1-10(2)11(3,4)19-13(18-10)9-5-8(6-17-7-9)12(14,15)16;2-1-3/h5-7H,1-4H3;2-3H. The number of rotatable bonds is 1. The Balaban J connectivity index is 0.000000745. The Morgan fingerprint density at radius 1 is 1.09 bits per heavy atom. The fourth-order valence-corrected chi connectivity index (χ4v) is 1.72. The molecule has 2 N–H and O–H groups in total. The van der Waals surface area contributed by atoms with E-state index in [1.807, 2.05) is 27.7 Å². The third-order valence-electron chi connectivity index (χ3n) is 3.61. The van der Waals surface area contributed by atoms with Gasteiger partial charge in [-0.15, -0.1) is 0 Å². The molecule has 10 heteroatoms. The first-order valence-electron chi connectivity index (χ1n) is 6.42. The summed E-state index contributed by atoms with van der Waals surface area (Å²) in [4.78, 5) is 3.61. The molecule has 2 heterocycles. The first-order chi connectivity index (χ1) is 9.94. The van der Waals surface area contributed by atoms with Crippen LogP contribution in [-0.2, 0) is 15.5 Å². The number of nitrogens with zero attached hydrogens (tertiary/aromatic N) is 1. The van der Waals surface area contributed by atoms with Crippen LogP contribution in [0.2, 0.25) is 0 Å². The van der Waals surface area contributed by atoms with Crippen LogP contribution in [0, 0.1) is 0 Å². The van der Waals surface area contributed by atoms with Gasteiger partial charge in [0.2, 0.25) is 0 Å². The molecule has 1 aliphatic heterocycles. The zero-order valence-electron chi connectivity index (χ0n) is 12.7. The smallest absolute Gasteiger partial charge is 0.429 e.